The van der Waals surface area contributed by atoms with Gasteiger partial charge in [-0.3, -0.25) is 14.3 Å². The number of pyridine rings is 1. The highest BCUT2D eigenvalue weighted by atomic mass is 19.1. The molecule has 1 saturated carbocycles. The molecule has 2 fully saturated rings. The molecule has 0 unspecified atom stereocenters. The van der Waals surface area contributed by atoms with Gasteiger partial charge in [0.05, 0.1) is 12.3 Å². The summed E-state index contributed by atoms with van der Waals surface area (Å²) in [4.78, 5) is 32.4. The van der Waals surface area contributed by atoms with Crippen molar-refractivity contribution in [1.29, 1.82) is 5.26 Å². The number of carbonyl (C=O) groups is 2. The number of nitrogens with zero attached hydrogens (tertiary/aromatic N) is 5. The van der Waals surface area contributed by atoms with Crippen LogP contribution < -0.4 is 10.2 Å². The Labute approximate surface area is 208 Å². The number of rotatable bonds is 7. The molecule has 5 rings (SSSR count). The Morgan fingerprint density at radius 1 is 1.25 bits per heavy atom. The van der Waals surface area contributed by atoms with Crippen molar-refractivity contribution in [3.05, 3.63) is 65.5 Å². The number of halogens is 1. The van der Waals surface area contributed by atoms with E-state index in [2.05, 4.69) is 21.5 Å². The number of hydrogen-bond donors (Lipinski definition) is 1. The highest BCUT2D eigenvalue weighted by molar-refractivity contribution is 6.03. The van der Waals surface area contributed by atoms with Gasteiger partial charge in [0.2, 0.25) is 5.91 Å². The van der Waals surface area contributed by atoms with Crippen LogP contribution in [-0.2, 0) is 24.8 Å². The fraction of sp³-hybridized carbons (Fsp3) is 0.370. The zero-order valence-corrected chi connectivity index (χ0v) is 20.3. The molecule has 1 saturated heterocycles. The number of anilines is 1. The molecule has 9 heteroatoms. The normalized spacial score (nSPS) is 19.4. The predicted octanol–water partition coefficient (Wildman–Crippen LogP) is 3.77. The first-order chi connectivity index (χ1) is 17.3. The van der Waals surface area contributed by atoms with Crippen LogP contribution in [0.4, 0.5) is 10.1 Å². The van der Waals surface area contributed by atoms with Crippen molar-refractivity contribution in [2.75, 3.05) is 11.4 Å². The molecule has 1 aliphatic heterocycles. The summed E-state index contributed by atoms with van der Waals surface area (Å²) < 4.78 is 15.9. The number of carbonyl (C=O) groups excluding carboxylic acids is 2. The molecule has 184 valence electrons. The van der Waals surface area contributed by atoms with Gasteiger partial charge in [-0.2, -0.15) is 10.4 Å². The van der Waals surface area contributed by atoms with Gasteiger partial charge in [0.1, 0.15) is 16.9 Å². The van der Waals surface area contributed by atoms with Crippen molar-refractivity contribution in [2.45, 2.75) is 39.2 Å². The van der Waals surface area contributed by atoms with Crippen LogP contribution in [0.2, 0.25) is 0 Å². The van der Waals surface area contributed by atoms with Crippen LogP contribution in [0, 0.1) is 28.5 Å². The minimum absolute atomic E-state index is 0.110. The van der Waals surface area contributed by atoms with Crippen LogP contribution in [0.15, 0.2) is 42.7 Å². The number of benzene rings is 1. The van der Waals surface area contributed by atoms with Gasteiger partial charge in [0.15, 0.2) is 0 Å². The first-order valence-corrected chi connectivity index (χ1v) is 12.1. The van der Waals surface area contributed by atoms with Crippen molar-refractivity contribution >= 4 is 17.5 Å². The van der Waals surface area contributed by atoms with Crippen LogP contribution in [-0.4, -0.2) is 33.1 Å². The third kappa shape index (κ3) is 4.35. The van der Waals surface area contributed by atoms with E-state index < -0.39 is 17.1 Å². The van der Waals surface area contributed by atoms with E-state index in [0.717, 1.165) is 18.4 Å². The van der Waals surface area contributed by atoms with Crippen LogP contribution >= 0.6 is 0 Å². The third-order valence-corrected chi connectivity index (χ3v) is 7.05. The minimum atomic E-state index is -0.957. The lowest BCUT2D eigenvalue weighted by Crippen LogP contribution is -2.35. The maximum absolute atomic E-state index is 14.3. The number of nitrogens with one attached hydrogen (secondary N) is 1. The fourth-order valence-electron chi connectivity index (χ4n) is 4.92. The molecule has 1 N–H and O–H groups in total. The molecule has 0 bridgehead atoms. The third-order valence-electron chi connectivity index (χ3n) is 7.05. The van der Waals surface area contributed by atoms with Gasteiger partial charge in [0.25, 0.3) is 5.91 Å². The average molecular weight is 487 g/mol. The number of aromatic nitrogens is 3. The molecular formula is C27H27FN6O2. The SMILES string of the molecule is CCc1cc(N2CC[C@@](C#N)(C3CC3)C2=O)cc(C(=O)NCc2cc(F)cc(-c3cnn(C)c3)c2)n1. The maximum Gasteiger partial charge on any atom is 0.270 e. The molecule has 36 heavy (non-hydrogen) atoms. The lowest BCUT2D eigenvalue weighted by Gasteiger charge is -2.21. The van der Waals surface area contributed by atoms with E-state index in [9.17, 15) is 19.2 Å². The second-order valence-electron chi connectivity index (χ2n) is 9.55. The summed E-state index contributed by atoms with van der Waals surface area (Å²) in [7, 11) is 1.79. The molecule has 2 amide bonds. The maximum atomic E-state index is 14.3. The van der Waals surface area contributed by atoms with Crippen molar-refractivity contribution in [3.63, 3.8) is 0 Å². The van der Waals surface area contributed by atoms with E-state index >= 15 is 0 Å². The predicted molar refractivity (Wildman–Crippen MR) is 131 cm³/mol. The molecular weight excluding hydrogens is 459 g/mol. The first kappa shape index (κ1) is 23.7. The van der Waals surface area contributed by atoms with E-state index in [1.54, 1.807) is 35.1 Å². The molecule has 2 aromatic heterocycles. The van der Waals surface area contributed by atoms with Crippen molar-refractivity contribution in [2.24, 2.45) is 18.4 Å². The van der Waals surface area contributed by atoms with Crippen LogP contribution in [0.5, 0.6) is 0 Å². The Bertz CT molecular complexity index is 1390. The summed E-state index contributed by atoms with van der Waals surface area (Å²) >= 11 is 0. The second-order valence-corrected chi connectivity index (χ2v) is 9.55. The Morgan fingerprint density at radius 3 is 2.72 bits per heavy atom. The number of amides is 2. The molecule has 3 heterocycles. The van der Waals surface area contributed by atoms with Gasteiger partial charge in [-0.1, -0.05) is 6.92 Å². The van der Waals surface area contributed by atoms with Crippen molar-refractivity contribution in [1.82, 2.24) is 20.1 Å². The Balaban J connectivity index is 1.35. The molecule has 0 radical (unpaired) electrons. The molecule has 1 aromatic carbocycles. The van der Waals surface area contributed by atoms with Crippen molar-refractivity contribution in [3.8, 4) is 17.2 Å². The van der Waals surface area contributed by atoms with E-state index in [0.29, 0.717) is 41.9 Å². The molecule has 1 atom stereocenters. The van der Waals surface area contributed by atoms with Gasteiger partial charge in [-0.05, 0) is 73.1 Å². The molecule has 8 nitrogen and oxygen atoms in total. The van der Waals surface area contributed by atoms with E-state index in [-0.39, 0.29) is 24.1 Å². The standard InChI is InChI=1S/C27H27FN6O2/c1-3-22-11-23(34-7-6-27(16-29,26(34)36)20-4-5-20)12-24(32-22)25(35)30-13-17-8-18(10-21(28)9-17)19-14-31-33(2)15-19/h8-12,14-15,20H,3-7,13H2,1-2H3,(H,30,35)/t27-/m1/s1. The Kier molecular flexibility index (Phi) is 6.04. The zero-order chi connectivity index (χ0) is 25.4. The summed E-state index contributed by atoms with van der Waals surface area (Å²) in [5.74, 6) is -0.884. The van der Waals surface area contributed by atoms with Crippen LogP contribution in [0.3, 0.4) is 0 Å². The molecule has 2 aliphatic rings. The smallest absolute Gasteiger partial charge is 0.270 e. The Hall–Kier alpha value is -4.06. The Morgan fingerprint density at radius 2 is 2.06 bits per heavy atom. The van der Waals surface area contributed by atoms with E-state index in [1.165, 1.54) is 12.1 Å². The minimum Gasteiger partial charge on any atom is -0.347 e. The summed E-state index contributed by atoms with van der Waals surface area (Å²) in [6.45, 7) is 2.48. The highest BCUT2D eigenvalue weighted by Crippen LogP contribution is 2.51. The average Bonchev–Trinajstić information content (AvgIpc) is 3.55. The zero-order valence-electron chi connectivity index (χ0n) is 20.3. The quantitative estimate of drug-likeness (QED) is 0.548. The number of aryl methyl sites for hydroxylation is 2. The summed E-state index contributed by atoms with van der Waals surface area (Å²) in [5, 5.41) is 16.7. The van der Waals surface area contributed by atoms with Gasteiger partial charge >= 0.3 is 0 Å². The first-order valence-electron chi connectivity index (χ1n) is 12.1. The lowest BCUT2D eigenvalue weighted by molar-refractivity contribution is -0.123. The lowest BCUT2D eigenvalue weighted by atomic mass is 9.83. The van der Waals surface area contributed by atoms with Crippen molar-refractivity contribution < 1.29 is 14.0 Å². The fourth-order valence-corrected chi connectivity index (χ4v) is 4.92. The topological polar surface area (TPSA) is 104 Å². The van der Waals surface area contributed by atoms with Crippen LogP contribution in [0.25, 0.3) is 11.1 Å². The molecule has 1 aliphatic carbocycles. The van der Waals surface area contributed by atoms with Gasteiger partial charge in [-0.15, -0.1) is 0 Å². The highest BCUT2D eigenvalue weighted by Gasteiger charge is 2.56. The number of nitriles is 1. The molecule has 3 aromatic rings. The van der Waals surface area contributed by atoms with E-state index in [1.807, 2.05) is 19.1 Å². The summed E-state index contributed by atoms with van der Waals surface area (Å²) in [6, 6.07) is 10.3. The monoisotopic (exact) mass is 486 g/mol. The molecule has 0 spiro atoms. The number of hydrogen-bond acceptors (Lipinski definition) is 5. The van der Waals surface area contributed by atoms with Gasteiger partial charge < -0.3 is 10.2 Å². The summed E-state index contributed by atoms with van der Waals surface area (Å²) in [5.41, 5.74) is 2.54. The van der Waals surface area contributed by atoms with E-state index in [4.69, 9.17) is 0 Å². The van der Waals surface area contributed by atoms with Gasteiger partial charge in [0, 0.05) is 43.3 Å². The van der Waals surface area contributed by atoms with Crippen LogP contribution in [0.1, 0.15) is 47.9 Å². The largest absolute Gasteiger partial charge is 0.347 e. The summed E-state index contributed by atoms with van der Waals surface area (Å²) in [6.07, 6.45) is 6.34. The second kappa shape index (κ2) is 9.19. The van der Waals surface area contributed by atoms with Gasteiger partial charge in [-0.25, -0.2) is 9.37 Å².